The quantitative estimate of drug-likeness (QED) is 0.602. The lowest BCUT2D eigenvalue weighted by Gasteiger charge is -2.22. The predicted octanol–water partition coefficient (Wildman–Crippen LogP) is 1.61. The molecule has 8 heteroatoms. The van der Waals surface area contributed by atoms with Crippen molar-refractivity contribution in [3.05, 3.63) is 41.7 Å². The molecule has 25 heavy (non-hydrogen) atoms. The zero-order valence-electron chi connectivity index (χ0n) is 13.8. The highest BCUT2D eigenvalue weighted by Crippen LogP contribution is 2.24. The molecule has 1 aromatic carbocycles. The van der Waals surface area contributed by atoms with Gasteiger partial charge in [0.2, 0.25) is 0 Å². The van der Waals surface area contributed by atoms with Crippen LogP contribution in [0, 0.1) is 0 Å². The second kappa shape index (κ2) is 8.73. The number of nitrogens with one attached hydrogen (secondary N) is 2. The van der Waals surface area contributed by atoms with E-state index in [-0.39, 0.29) is 29.8 Å². The number of phenolic OH excluding ortho intramolecular Hbond substituents is 2. The van der Waals surface area contributed by atoms with Crippen LogP contribution in [0.3, 0.4) is 0 Å². The number of nitrogens with zero attached hydrogens (tertiary/aromatic N) is 2. The summed E-state index contributed by atoms with van der Waals surface area (Å²) in [6.45, 7) is 2.35. The minimum Gasteiger partial charge on any atom is -0.504 e. The van der Waals surface area contributed by atoms with Crippen molar-refractivity contribution in [3.63, 3.8) is 0 Å². The van der Waals surface area contributed by atoms with Gasteiger partial charge in [-0.1, -0.05) is 6.07 Å². The number of piperidine rings is 1. The topological polar surface area (TPSA) is 99.4 Å². The van der Waals surface area contributed by atoms with Crippen LogP contribution in [-0.2, 0) is 6.42 Å². The molecule has 1 aliphatic rings. The van der Waals surface area contributed by atoms with Gasteiger partial charge in [-0.2, -0.15) is 5.10 Å². The summed E-state index contributed by atoms with van der Waals surface area (Å²) in [4.78, 5) is 12.2. The Bertz CT molecular complexity index is 714. The summed E-state index contributed by atoms with van der Waals surface area (Å²) in [5.41, 5.74) is 1.25. The number of amides is 1. The van der Waals surface area contributed by atoms with Crippen LogP contribution in [0.5, 0.6) is 11.5 Å². The van der Waals surface area contributed by atoms with Crippen molar-refractivity contribution in [1.29, 1.82) is 0 Å². The van der Waals surface area contributed by atoms with Gasteiger partial charge in [0.05, 0.1) is 6.04 Å². The summed E-state index contributed by atoms with van der Waals surface area (Å²) >= 11 is 0. The Morgan fingerprint density at radius 1 is 1.32 bits per heavy atom. The molecule has 2 heterocycles. The Morgan fingerprint density at radius 2 is 2.16 bits per heavy atom. The Kier molecular flexibility index (Phi) is 6.66. The number of hydrogen-bond acceptors (Lipinski definition) is 5. The summed E-state index contributed by atoms with van der Waals surface area (Å²) in [6.07, 6.45) is 4.60. The predicted molar refractivity (Wildman–Crippen MR) is 96.4 cm³/mol. The van der Waals surface area contributed by atoms with Gasteiger partial charge in [0.1, 0.15) is 5.69 Å². The van der Waals surface area contributed by atoms with Crippen molar-refractivity contribution in [2.24, 2.45) is 0 Å². The number of aromatic nitrogens is 2. The fourth-order valence-corrected chi connectivity index (χ4v) is 2.86. The Balaban J connectivity index is 0.00000225. The summed E-state index contributed by atoms with van der Waals surface area (Å²) in [7, 11) is 0. The van der Waals surface area contributed by atoms with Crippen LogP contribution in [0.4, 0.5) is 0 Å². The largest absolute Gasteiger partial charge is 0.504 e. The fourth-order valence-electron chi connectivity index (χ4n) is 2.86. The molecule has 1 saturated heterocycles. The van der Waals surface area contributed by atoms with E-state index in [9.17, 15) is 15.0 Å². The van der Waals surface area contributed by atoms with Gasteiger partial charge in [0, 0.05) is 19.3 Å². The summed E-state index contributed by atoms with van der Waals surface area (Å²) in [5, 5.41) is 29.3. The lowest BCUT2D eigenvalue weighted by Crippen LogP contribution is -2.32. The van der Waals surface area contributed by atoms with E-state index in [1.165, 1.54) is 12.1 Å². The molecule has 4 N–H and O–H groups in total. The van der Waals surface area contributed by atoms with Crippen LogP contribution in [-0.4, -0.2) is 45.5 Å². The first-order valence-electron chi connectivity index (χ1n) is 8.18. The molecule has 136 valence electrons. The highest BCUT2D eigenvalue weighted by Gasteiger charge is 2.17. The van der Waals surface area contributed by atoms with E-state index in [0.29, 0.717) is 24.7 Å². The molecule has 0 radical (unpaired) electrons. The van der Waals surface area contributed by atoms with Gasteiger partial charge in [0.15, 0.2) is 11.5 Å². The van der Waals surface area contributed by atoms with Crippen LogP contribution >= 0.6 is 12.4 Å². The molecule has 1 fully saturated rings. The lowest BCUT2D eigenvalue weighted by molar-refractivity contribution is 0.0947. The van der Waals surface area contributed by atoms with Crippen molar-refractivity contribution in [2.75, 3.05) is 19.6 Å². The lowest BCUT2D eigenvalue weighted by atomic mass is 10.1. The molecule has 7 nitrogen and oxygen atoms in total. The monoisotopic (exact) mass is 366 g/mol. The van der Waals surface area contributed by atoms with Gasteiger partial charge in [-0.15, -0.1) is 12.4 Å². The molecular weight excluding hydrogens is 344 g/mol. The third kappa shape index (κ3) is 4.87. The van der Waals surface area contributed by atoms with Crippen LogP contribution in [0.15, 0.2) is 30.5 Å². The van der Waals surface area contributed by atoms with Crippen molar-refractivity contribution in [1.82, 2.24) is 20.4 Å². The molecule has 1 aliphatic heterocycles. The van der Waals surface area contributed by atoms with Gasteiger partial charge in [0.25, 0.3) is 5.91 Å². The van der Waals surface area contributed by atoms with Gasteiger partial charge >= 0.3 is 0 Å². The maximum Gasteiger partial charge on any atom is 0.271 e. The van der Waals surface area contributed by atoms with Crippen LogP contribution in [0.25, 0.3) is 0 Å². The Labute approximate surface area is 152 Å². The van der Waals surface area contributed by atoms with E-state index in [0.717, 1.165) is 31.5 Å². The second-order valence-electron chi connectivity index (χ2n) is 6.01. The molecule has 0 saturated carbocycles. The zero-order valence-corrected chi connectivity index (χ0v) is 14.6. The van der Waals surface area contributed by atoms with Crippen molar-refractivity contribution in [3.8, 4) is 11.5 Å². The normalized spacial score (nSPS) is 16.9. The number of halogens is 1. The molecule has 0 bridgehead atoms. The van der Waals surface area contributed by atoms with Crippen molar-refractivity contribution >= 4 is 18.3 Å². The van der Waals surface area contributed by atoms with E-state index in [1.807, 2.05) is 10.9 Å². The molecule has 2 aromatic rings. The minimum atomic E-state index is -0.208. The van der Waals surface area contributed by atoms with E-state index in [4.69, 9.17) is 0 Å². The molecule has 1 aromatic heterocycles. The SMILES string of the molecule is Cl.O=C(NCCc1ccc(O)c(O)c1)c1ccn(C2CCCNC2)n1. The summed E-state index contributed by atoms with van der Waals surface area (Å²) in [6, 6.07) is 6.68. The highest BCUT2D eigenvalue weighted by atomic mass is 35.5. The Morgan fingerprint density at radius 3 is 2.88 bits per heavy atom. The first-order chi connectivity index (χ1) is 11.6. The van der Waals surface area contributed by atoms with Crippen molar-refractivity contribution < 1.29 is 15.0 Å². The molecule has 0 aliphatic carbocycles. The van der Waals surface area contributed by atoms with Crippen LogP contribution in [0.1, 0.15) is 34.9 Å². The third-order valence-corrected chi connectivity index (χ3v) is 4.23. The molecule has 1 atom stereocenters. The molecule has 1 unspecified atom stereocenters. The number of rotatable bonds is 5. The fraction of sp³-hybridized carbons (Fsp3) is 0.412. The van der Waals surface area contributed by atoms with Crippen LogP contribution in [0.2, 0.25) is 0 Å². The number of phenols is 2. The van der Waals surface area contributed by atoms with E-state index >= 15 is 0 Å². The average Bonchev–Trinajstić information content (AvgIpc) is 3.09. The smallest absolute Gasteiger partial charge is 0.271 e. The third-order valence-electron chi connectivity index (χ3n) is 4.23. The highest BCUT2D eigenvalue weighted by molar-refractivity contribution is 5.92. The average molecular weight is 367 g/mol. The Hall–Kier alpha value is -2.25. The first kappa shape index (κ1) is 19.1. The first-order valence-corrected chi connectivity index (χ1v) is 8.18. The number of carbonyl (C=O) groups is 1. The molecule has 3 rings (SSSR count). The number of benzene rings is 1. The summed E-state index contributed by atoms with van der Waals surface area (Å²) < 4.78 is 1.86. The number of carbonyl (C=O) groups excluding carboxylic acids is 1. The van der Waals surface area contributed by atoms with Gasteiger partial charge in [-0.3, -0.25) is 9.48 Å². The number of aromatic hydroxyl groups is 2. The maximum atomic E-state index is 12.2. The second-order valence-corrected chi connectivity index (χ2v) is 6.01. The minimum absolute atomic E-state index is 0. The maximum absolute atomic E-state index is 12.2. The molecule has 1 amide bonds. The van der Waals surface area contributed by atoms with Crippen LogP contribution < -0.4 is 10.6 Å². The van der Waals surface area contributed by atoms with Gasteiger partial charge in [-0.05, 0) is 49.6 Å². The standard InChI is InChI=1S/C17H22N4O3.ClH/c22-15-4-3-12(10-16(15)23)5-8-19-17(24)14-6-9-21(20-14)13-2-1-7-18-11-13;/h3-4,6,9-10,13,18,22-23H,1-2,5,7-8,11H2,(H,19,24);1H. The van der Waals surface area contributed by atoms with E-state index in [1.54, 1.807) is 12.1 Å². The van der Waals surface area contributed by atoms with E-state index in [2.05, 4.69) is 15.7 Å². The van der Waals surface area contributed by atoms with Gasteiger partial charge in [-0.25, -0.2) is 0 Å². The zero-order chi connectivity index (χ0) is 16.9. The molecule has 0 spiro atoms. The van der Waals surface area contributed by atoms with E-state index < -0.39 is 0 Å². The number of hydrogen-bond donors (Lipinski definition) is 4. The summed E-state index contributed by atoms with van der Waals surface area (Å²) in [5.74, 6) is -0.510. The van der Waals surface area contributed by atoms with Gasteiger partial charge < -0.3 is 20.8 Å². The van der Waals surface area contributed by atoms with Crippen molar-refractivity contribution in [2.45, 2.75) is 25.3 Å². The molecular formula is C17H23ClN4O3.